The van der Waals surface area contributed by atoms with Gasteiger partial charge in [0.25, 0.3) is 5.91 Å². The lowest BCUT2D eigenvalue weighted by molar-refractivity contribution is -0.149. The molecule has 2 aliphatic rings. The molecule has 0 bridgehead atoms. The standard InChI is InChI=1S/C35H52N6O5S/c1-22(2)17-25(18-31-36-14-10-15-37-31)38-32(44)26-21-47-33(39-26)30(46-24(5)42)19-28(23(3)4)41(7)34(45)35(12-13-35)20-29(43)27-11-8-9-16-40(27)6/h10,14-15,21-23,25,27-28,30H,8-9,11-13,16-20H2,1-7H3,(H,38,44)/t25-,27-,28-,30-/m1/s1. The maximum Gasteiger partial charge on any atom is 0.303 e. The molecular weight excluding hydrogens is 616 g/mol. The summed E-state index contributed by atoms with van der Waals surface area (Å²) in [6, 6.07) is 1.19. The molecule has 1 saturated heterocycles. The monoisotopic (exact) mass is 668 g/mol. The van der Waals surface area contributed by atoms with Crippen molar-refractivity contribution in [1.29, 1.82) is 0 Å². The molecule has 2 fully saturated rings. The quantitative estimate of drug-likeness (QED) is 0.245. The summed E-state index contributed by atoms with van der Waals surface area (Å²) in [7, 11) is 3.79. The first-order valence-corrected chi connectivity index (χ1v) is 17.9. The highest BCUT2D eigenvalue weighted by molar-refractivity contribution is 7.09. The molecule has 47 heavy (non-hydrogen) atoms. The second-order valence-electron chi connectivity index (χ2n) is 14.2. The van der Waals surface area contributed by atoms with Crippen molar-refractivity contribution in [1.82, 2.24) is 30.1 Å². The van der Waals surface area contributed by atoms with E-state index in [2.05, 4.69) is 39.0 Å². The van der Waals surface area contributed by atoms with Crippen LogP contribution in [0.4, 0.5) is 0 Å². The van der Waals surface area contributed by atoms with Gasteiger partial charge in [0.1, 0.15) is 16.5 Å². The first kappa shape index (κ1) is 36.6. The molecule has 1 N–H and O–H groups in total. The number of thiazole rings is 1. The number of hydrogen-bond acceptors (Lipinski definition) is 10. The Kier molecular flexibility index (Phi) is 12.6. The second kappa shape index (κ2) is 16.2. The number of hydrogen-bond donors (Lipinski definition) is 1. The molecule has 12 heteroatoms. The van der Waals surface area contributed by atoms with Crippen LogP contribution in [0.2, 0.25) is 0 Å². The first-order valence-electron chi connectivity index (χ1n) is 17.0. The fraction of sp³-hybridized carbons (Fsp3) is 0.686. The Balaban J connectivity index is 1.46. The van der Waals surface area contributed by atoms with E-state index in [-0.39, 0.29) is 53.8 Å². The molecule has 11 nitrogen and oxygen atoms in total. The Morgan fingerprint density at radius 2 is 1.81 bits per heavy atom. The van der Waals surface area contributed by atoms with Crippen molar-refractivity contribution >= 4 is 34.9 Å². The van der Waals surface area contributed by atoms with Crippen LogP contribution in [0.1, 0.15) is 113 Å². The van der Waals surface area contributed by atoms with E-state index in [4.69, 9.17) is 4.74 Å². The van der Waals surface area contributed by atoms with Crippen LogP contribution < -0.4 is 5.32 Å². The molecule has 0 unspecified atom stereocenters. The number of rotatable bonds is 16. The van der Waals surface area contributed by atoms with Crippen LogP contribution >= 0.6 is 11.3 Å². The highest BCUT2D eigenvalue weighted by Crippen LogP contribution is 2.51. The van der Waals surface area contributed by atoms with Crippen molar-refractivity contribution < 1.29 is 23.9 Å². The van der Waals surface area contributed by atoms with Crippen molar-refractivity contribution in [2.75, 3.05) is 20.6 Å². The number of likely N-dealkylation sites (tertiary alicyclic amines) is 1. The molecule has 0 radical (unpaired) electrons. The number of piperidine rings is 1. The number of nitrogens with zero attached hydrogens (tertiary/aromatic N) is 5. The van der Waals surface area contributed by atoms with Gasteiger partial charge in [-0.2, -0.15) is 0 Å². The SMILES string of the molecule is CC(=O)O[C@H](C[C@H](C(C)C)N(C)C(=O)C1(CC(=O)[C@H]2CCCCN2C)CC1)c1nc(C(=O)N[C@@H](Cc2ncccn2)CC(C)C)cs1. The predicted molar refractivity (Wildman–Crippen MR) is 181 cm³/mol. The Morgan fingerprint density at radius 1 is 1.11 bits per heavy atom. The number of nitrogens with one attached hydrogen (secondary N) is 1. The number of Topliss-reactive ketones (excluding diaryl/α,β-unsaturated/α-hetero) is 1. The number of aromatic nitrogens is 3. The minimum Gasteiger partial charge on any atom is -0.455 e. The van der Waals surface area contributed by atoms with E-state index in [0.29, 0.717) is 42.4 Å². The summed E-state index contributed by atoms with van der Waals surface area (Å²) in [4.78, 5) is 70.1. The summed E-state index contributed by atoms with van der Waals surface area (Å²) >= 11 is 1.26. The van der Waals surface area contributed by atoms with Crippen LogP contribution in [-0.4, -0.2) is 87.1 Å². The highest BCUT2D eigenvalue weighted by Gasteiger charge is 2.54. The van der Waals surface area contributed by atoms with Gasteiger partial charge in [0, 0.05) is 63.1 Å². The van der Waals surface area contributed by atoms with Crippen LogP contribution in [0.15, 0.2) is 23.8 Å². The molecule has 0 spiro atoms. The van der Waals surface area contributed by atoms with Gasteiger partial charge in [-0.1, -0.05) is 34.1 Å². The molecule has 0 aromatic carbocycles. The van der Waals surface area contributed by atoms with Crippen LogP contribution in [0.3, 0.4) is 0 Å². The van der Waals surface area contributed by atoms with Gasteiger partial charge in [-0.3, -0.25) is 24.1 Å². The summed E-state index contributed by atoms with van der Waals surface area (Å²) in [6.45, 7) is 10.5. The van der Waals surface area contributed by atoms with Crippen molar-refractivity contribution in [3.05, 3.63) is 40.4 Å². The minimum atomic E-state index is -0.737. The summed E-state index contributed by atoms with van der Waals surface area (Å²) < 4.78 is 5.77. The molecule has 2 amide bonds. The average molecular weight is 669 g/mol. The second-order valence-corrected chi connectivity index (χ2v) is 15.1. The largest absolute Gasteiger partial charge is 0.455 e. The Morgan fingerprint density at radius 3 is 2.40 bits per heavy atom. The number of esters is 1. The number of likely N-dealkylation sites (N-methyl/N-ethyl adjacent to an activating group) is 1. The normalized spacial score (nSPS) is 19.6. The van der Waals surface area contributed by atoms with Gasteiger partial charge in [-0.15, -0.1) is 11.3 Å². The van der Waals surface area contributed by atoms with E-state index in [1.54, 1.807) is 35.8 Å². The molecule has 2 aromatic rings. The lowest BCUT2D eigenvalue weighted by Gasteiger charge is -2.36. The fourth-order valence-electron chi connectivity index (χ4n) is 6.79. The van der Waals surface area contributed by atoms with Gasteiger partial charge in [-0.25, -0.2) is 15.0 Å². The van der Waals surface area contributed by atoms with E-state index < -0.39 is 17.5 Å². The topological polar surface area (TPSA) is 135 Å². The van der Waals surface area contributed by atoms with E-state index in [9.17, 15) is 19.2 Å². The molecular formula is C35H52N6O5S. The fourth-order valence-corrected chi connectivity index (χ4v) is 7.63. The molecule has 258 valence electrons. The van der Waals surface area contributed by atoms with Gasteiger partial charge in [0.15, 0.2) is 11.9 Å². The van der Waals surface area contributed by atoms with Crippen molar-refractivity contribution in [3.63, 3.8) is 0 Å². The van der Waals surface area contributed by atoms with Crippen LogP contribution in [0.5, 0.6) is 0 Å². The van der Waals surface area contributed by atoms with Crippen LogP contribution in [0, 0.1) is 17.3 Å². The third kappa shape index (κ3) is 9.88. The van der Waals surface area contributed by atoms with E-state index in [1.165, 1.54) is 18.3 Å². The van der Waals surface area contributed by atoms with E-state index in [1.807, 2.05) is 20.9 Å². The van der Waals surface area contributed by atoms with E-state index in [0.717, 1.165) is 32.2 Å². The Bertz CT molecular complexity index is 1380. The van der Waals surface area contributed by atoms with Gasteiger partial charge in [-0.05, 0) is 63.6 Å². The molecule has 4 rings (SSSR count). The smallest absolute Gasteiger partial charge is 0.303 e. The van der Waals surface area contributed by atoms with E-state index >= 15 is 0 Å². The Labute approximate surface area is 283 Å². The zero-order valence-corrected chi connectivity index (χ0v) is 29.8. The number of ketones is 1. The van der Waals surface area contributed by atoms with Crippen LogP contribution in [0.25, 0.3) is 0 Å². The number of carbonyl (C=O) groups is 4. The summed E-state index contributed by atoms with van der Waals surface area (Å²) in [5, 5.41) is 5.28. The predicted octanol–water partition coefficient (Wildman–Crippen LogP) is 5.02. The van der Waals surface area contributed by atoms with Crippen molar-refractivity contribution in [2.45, 2.75) is 117 Å². The number of amides is 2. The molecule has 1 aliphatic carbocycles. The van der Waals surface area contributed by atoms with Crippen molar-refractivity contribution in [3.8, 4) is 0 Å². The highest BCUT2D eigenvalue weighted by atomic mass is 32.1. The third-order valence-electron chi connectivity index (χ3n) is 9.48. The van der Waals surface area contributed by atoms with Gasteiger partial charge < -0.3 is 15.0 Å². The third-order valence-corrected chi connectivity index (χ3v) is 10.4. The summed E-state index contributed by atoms with van der Waals surface area (Å²) in [6.07, 6.45) is 8.87. The molecule has 4 atom stereocenters. The maximum atomic E-state index is 14.0. The van der Waals surface area contributed by atoms with Gasteiger partial charge in [0.05, 0.1) is 11.5 Å². The first-order chi connectivity index (χ1) is 22.3. The Hall–Kier alpha value is -3.25. The minimum absolute atomic E-state index is 0.0256. The lowest BCUT2D eigenvalue weighted by Crippen LogP contribution is -2.47. The van der Waals surface area contributed by atoms with Crippen molar-refractivity contribution in [2.24, 2.45) is 17.3 Å². The summed E-state index contributed by atoms with van der Waals surface area (Å²) in [5.41, 5.74) is -0.406. The summed E-state index contributed by atoms with van der Waals surface area (Å²) in [5.74, 6) is 0.397. The molecule has 1 saturated carbocycles. The van der Waals surface area contributed by atoms with Gasteiger partial charge in [0.2, 0.25) is 5.91 Å². The zero-order valence-electron chi connectivity index (χ0n) is 29.0. The van der Waals surface area contributed by atoms with Crippen LogP contribution in [-0.2, 0) is 25.5 Å². The zero-order chi connectivity index (χ0) is 34.3. The maximum absolute atomic E-state index is 14.0. The van der Waals surface area contributed by atoms with Gasteiger partial charge >= 0.3 is 5.97 Å². The molecule has 1 aliphatic heterocycles. The average Bonchev–Trinajstić information content (AvgIpc) is 3.61. The number of ether oxygens (including phenoxy) is 1. The molecule has 2 aromatic heterocycles. The lowest BCUT2D eigenvalue weighted by atomic mass is 9.88. The number of carbonyl (C=O) groups excluding carboxylic acids is 4. The molecule has 3 heterocycles.